The largest absolute Gasteiger partial charge is 0.454 e. The molecule has 98 valence electrons. The topological polar surface area (TPSA) is 26.3 Å². The summed E-state index contributed by atoms with van der Waals surface area (Å²) in [5.74, 6) is 0.274. The molecule has 0 unspecified atom stereocenters. The molecule has 0 aliphatic carbocycles. The predicted octanol–water partition coefficient (Wildman–Crippen LogP) is 4.97. The number of carbonyl (C=O) groups is 1. The van der Waals surface area contributed by atoms with Crippen molar-refractivity contribution in [2.75, 3.05) is 0 Å². The van der Waals surface area contributed by atoms with Crippen molar-refractivity contribution in [2.45, 2.75) is 13.3 Å². The molecule has 0 radical (unpaired) electrons. The van der Waals surface area contributed by atoms with E-state index in [9.17, 15) is 9.18 Å². The third-order valence-electron chi connectivity index (χ3n) is 2.62. The van der Waals surface area contributed by atoms with E-state index < -0.39 is 5.82 Å². The normalized spacial score (nSPS) is 10.3. The third kappa shape index (κ3) is 3.41. The van der Waals surface area contributed by atoms with E-state index in [0.717, 1.165) is 0 Å². The highest BCUT2D eigenvalue weighted by atomic mass is 79.9. The lowest BCUT2D eigenvalue weighted by Gasteiger charge is -2.07. The van der Waals surface area contributed by atoms with Crippen LogP contribution in [0.2, 0.25) is 0 Å². The Bertz CT molecular complexity index is 594. The molecule has 2 rings (SSSR count). The van der Waals surface area contributed by atoms with Crippen LogP contribution in [-0.4, -0.2) is 5.78 Å². The molecule has 0 spiro atoms. The molecule has 0 heterocycles. The van der Waals surface area contributed by atoms with Crippen LogP contribution in [-0.2, 0) is 0 Å². The highest BCUT2D eigenvalue weighted by Crippen LogP contribution is 2.27. The van der Waals surface area contributed by atoms with Crippen LogP contribution in [0, 0.1) is 5.82 Å². The molecular weight excluding hydrogens is 311 g/mol. The number of rotatable bonds is 4. The van der Waals surface area contributed by atoms with E-state index >= 15 is 0 Å². The molecule has 0 saturated carbocycles. The SMILES string of the molecule is CCC(=O)c1ccc(Oc2ccc(Br)cc2F)cc1. The molecule has 0 saturated heterocycles. The van der Waals surface area contributed by atoms with Crippen molar-refractivity contribution in [3.05, 3.63) is 58.3 Å². The van der Waals surface area contributed by atoms with E-state index in [4.69, 9.17) is 4.74 Å². The number of halogens is 2. The Morgan fingerprint density at radius 3 is 2.47 bits per heavy atom. The van der Waals surface area contributed by atoms with Crippen molar-refractivity contribution in [3.63, 3.8) is 0 Å². The van der Waals surface area contributed by atoms with Gasteiger partial charge in [0, 0.05) is 16.5 Å². The molecule has 19 heavy (non-hydrogen) atoms. The average molecular weight is 323 g/mol. The zero-order valence-electron chi connectivity index (χ0n) is 10.3. The monoisotopic (exact) mass is 322 g/mol. The number of carbonyl (C=O) groups excluding carboxylic acids is 1. The lowest BCUT2D eigenvalue weighted by Crippen LogP contribution is -1.96. The summed E-state index contributed by atoms with van der Waals surface area (Å²) < 4.78 is 19.7. The second kappa shape index (κ2) is 5.97. The molecule has 4 heteroatoms. The molecule has 0 atom stereocenters. The van der Waals surface area contributed by atoms with Crippen molar-refractivity contribution >= 4 is 21.7 Å². The van der Waals surface area contributed by atoms with Gasteiger partial charge >= 0.3 is 0 Å². The molecule has 2 nitrogen and oxygen atoms in total. The Kier molecular flexibility index (Phi) is 4.32. The average Bonchev–Trinajstić information content (AvgIpc) is 2.42. The molecule has 0 aliphatic heterocycles. The van der Waals surface area contributed by atoms with Gasteiger partial charge in [0.15, 0.2) is 17.3 Å². The summed E-state index contributed by atoms with van der Waals surface area (Å²) in [7, 11) is 0. The lowest BCUT2D eigenvalue weighted by atomic mass is 10.1. The smallest absolute Gasteiger partial charge is 0.166 e. The van der Waals surface area contributed by atoms with E-state index in [1.54, 1.807) is 36.4 Å². The maximum atomic E-state index is 13.6. The summed E-state index contributed by atoms with van der Waals surface area (Å²) in [4.78, 5) is 11.5. The van der Waals surface area contributed by atoms with Crippen molar-refractivity contribution < 1.29 is 13.9 Å². The molecule has 0 bridgehead atoms. The predicted molar refractivity (Wildman–Crippen MR) is 75.2 cm³/mol. The van der Waals surface area contributed by atoms with E-state index in [2.05, 4.69) is 15.9 Å². The van der Waals surface area contributed by atoms with Gasteiger partial charge in [-0.2, -0.15) is 0 Å². The van der Waals surface area contributed by atoms with Gasteiger partial charge in [0.2, 0.25) is 0 Å². The maximum Gasteiger partial charge on any atom is 0.166 e. The van der Waals surface area contributed by atoms with Gasteiger partial charge in [-0.15, -0.1) is 0 Å². The van der Waals surface area contributed by atoms with Crippen molar-refractivity contribution in [3.8, 4) is 11.5 Å². The van der Waals surface area contributed by atoms with E-state index in [1.807, 2.05) is 6.92 Å². The fourth-order valence-corrected chi connectivity index (χ4v) is 1.93. The third-order valence-corrected chi connectivity index (χ3v) is 3.11. The summed E-state index contributed by atoms with van der Waals surface area (Å²) >= 11 is 3.18. The van der Waals surface area contributed by atoms with Crippen LogP contribution in [0.3, 0.4) is 0 Å². The quantitative estimate of drug-likeness (QED) is 0.742. The highest BCUT2D eigenvalue weighted by Gasteiger charge is 2.07. The summed E-state index contributed by atoms with van der Waals surface area (Å²) in [5, 5.41) is 0. The molecule has 0 aromatic heterocycles. The Balaban J connectivity index is 2.17. The Hall–Kier alpha value is -1.68. The summed E-state index contributed by atoms with van der Waals surface area (Å²) in [5.41, 5.74) is 0.631. The first-order valence-corrected chi connectivity index (χ1v) is 6.65. The van der Waals surface area contributed by atoms with Gasteiger partial charge in [0.05, 0.1) is 0 Å². The second-order valence-electron chi connectivity index (χ2n) is 3.98. The zero-order valence-corrected chi connectivity index (χ0v) is 11.9. The van der Waals surface area contributed by atoms with Gasteiger partial charge < -0.3 is 4.74 Å². The summed E-state index contributed by atoms with van der Waals surface area (Å²) in [6, 6.07) is 11.3. The molecule has 2 aromatic carbocycles. The van der Waals surface area contributed by atoms with Gasteiger partial charge in [-0.3, -0.25) is 4.79 Å². The number of hydrogen-bond donors (Lipinski definition) is 0. The van der Waals surface area contributed by atoms with Gasteiger partial charge in [0.1, 0.15) is 5.75 Å². The summed E-state index contributed by atoms with van der Waals surface area (Å²) in [6.45, 7) is 1.81. The molecule has 0 amide bonds. The number of hydrogen-bond acceptors (Lipinski definition) is 2. The van der Waals surface area contributed by atoms with Crippen LogP contribution in [0.4, 0.5) is 4.39 Å². The first kappa shape index (κ1) is 13.7. The Labute approximate surface area is 119 Å². The Morgan fingerprint density at radius 2 is 1.89 bits per heavy atom. The van der Waals surface area contributed by atoms with E-state index in [0.29, 0.717) is 22.2 Å². The van der Waals surface area contributed by atoms with E-state index in [1.165, 1.54) is 6.07 Å². The van der Waals surface area contributed by atoms with Crippen LogP contribution in [0.15, 0.2) is 46.9 Å². The minimum absolute atomic E-state index is 0.0707. The van der Waals surface area contributed by atoms with Crippen LogP contribution in [0.5, 0.6) is 11.5 Å². The minimum Gasteiger partial charge on any atom is -0.454 e. The maximum absolute atomic E-state index is 13.6. The molecule has 2 aromatic rings. The molecule has 0 aliphatic rings. The molecular formula is C15H12BrFO2. The van der Waals surface area contributed by atoms with Gasteiger partial charge in [-0.1, -0.05) is 22.9 Å². The first-order chi connectivity index (χ1) is 9.10. The zero-order chi connectivity index (χ0) is 13.8. The lowest BCUT2D eigenvalue weighted by molar-refractivity contribution is 0.0988. The van der Waals surface area contributed by atoms with Crippen LogP contribution < -0.4 is 4.74 Å². The number of Topliss-reactive ketones (excluding diaryl/α,β-unsaturated/α-hetero) is 1. The van der Waals surface area contributed by atoms with Crippen molar-refractivity contribution in [2.24, 2.45) is 0 Å². The highest BCUT2D eigenvalue weighted by molar-refractivity contribution is 9.10. The fourth-order valence-electron chi connectivity index (χ4n) is 1.60. The first-order valence-electron chi connectivity index (χ1n) is 5.86. The van der Waals surface area contributed by atoms with E-state index in [-0.39, 0.29) is 11.5 Å². The number of ether oxygens (including phenoxy) is 1. The standard InChI is InChI=1S/C15H12BrFO2/c1-2-14(18)10-3-6-12(7-4-10)19-15-8-5-11(16)9-13(15)17/h3-9H,2H2,1H3. The van der Waals surface area contributed by atoms with Crippen LogP contribution >= 0.6 is 15.9 Å². The van der Waals surface area contributed by atoms with Crippen molar-refractivity contribution in [1.82, 2.24) is 0 Å². The molecule has 0 fully saturated rings. The van der Waals surface area contributed by atoms with Gasteiger partial charge in [0.25, 0.3) is 0 Å². The number of benzene rings is 2. The van der Waals surface area contributed by atoms with Crippen molar-refractivity contribution in [1.29, 1.82) is 0 Å². The van der Waals surface area contributed by atoms with Gasteiger partial charge in [-0.25, -0.2) is 4.39 Å². The minimum atomic E-state index is -0.442. The Morgan fingerprint density at radius 1 is 1.21 bits per heavy atom. The van der Waals surface area contributed by atoms with Crippen LogP contribution in [0.1, 0.15) is 23.7 Å². The number of ketones is 1. The fraction of sp³-hybridized carbons (Fsp3) is 0.133. The van der Waals surface area contributed by atoms with Gasteiger partial charge in [-0.05, 0) is 42.5 Å². The second-order valence-corrected chi connectivity index (χ2v) is 4.89. The molecule has 0 N–H and O–H groups in total. The van der Waals surface area contributed by atoms with Crippen LogP contribution in [0.25, 0.3) is 0 Å². The summed E-state index contributed by atoms with van der Waals surface area (Å²) in [6.07, 6.45) is 0.460.